The van der Waals surface area contributed by atoms with Gasteiger partial charge < -0.3 is 14.4 Å². The van der Waals surface area contributed by atoms with E-state index in [9.17, 15) is 13.2 Å². The molecule has 0 saturated heterocycles. The molecule has 0 aliphatic heterocycles. The lowest BCUT2D eigenvalue weighted by Crippen LogP contribution is -2.14. The van der Waals surface area contributed by atoms with Gasteiger partial charge in [0.15, 0.2) is 15.6 Å². The summed E-state index contributed by atoms with van der Waals surface area (Å²) in [5, 5.41) is 0. The molecule has 0 aliphatic carbocycles. The lowest BCUT2D eigenvalue weighted by atomic mass is 10.1. The molecule has 0 unspecified atom stereocenters. The Morgan fingerprint density at radius 2 is 1.73 bits per heavy atom. The second kappa shape index (κ2) is 8.33. The van der Waals surface area contributed by atoms with Crippen LogP contribution in [0.3, 0.4) is 0 Å². The molecule has 0 amide bonds. The number of benzene rings is 2. The van der Waals surface area contributed by atoms with E-state index in [0.29, 0.717) is 5.75 Å². The van der Waals surface area contributed by atoms with Crippen LogP contribution in [0.15, 0.2) is 47.4 Å². The Labute approximate surface area is 154 Å². The van der Waals surface area contributed by atoms with Gasteiger partial charge in [-0.15, -0.1) is 0 Å². The van der Waals surface area contributed by atoms with Crippen LogP contribution in [0.2, 0.25) is 0 Å². The van der Waals surface area contributed by atoms with Crippen molar-refractivity contribution in [1.29, 1.82) is 0 Å². The summed E-state index contributed by atoms with van der Waals surface area (Å²) in [4.78, 5) is 14.0. The predicted octanol–water partition coefficient (Wildman–Crippen LogP) is 2.77. The molecule has 7 heteroatoms. The van der Waals surface area contributed by atoms with Gasteiger partial charge in [-0.3, -0.25) is 0 Å². The molecule has 2 aromatic carbocycles. The number of carbonyl (C=O) groups is 1. The van der Waals surface area contributed by atoms with Gasteiger partial charge in [-0.05, 0) is 50.3 Å². The summed E-state index contributed by atoms with van der Waals surface area (Å²) < 4.78 is 34.7. The smallest absolute Gasteiger partial charge is 0.341 e. The number of para-hydroxylation sites is 1. The van der Waals surface area contributed by atoms with Crippen LogP contribution in [-0.4, -0.2) is 53.3 Å². The van der Waals surface area contributed by atoms with E-state index in [4.69, 9.17) is 9.47 Å². The molecule has 0 fully saturated rings. The van der Waals surface area contributed by atoms with Gasteiger partial charge in [-0.1, -0.05) is 18.2 Å². The molecule has 0 bridgehead atoms. The van der Waals surface area contributed by atoms with Crippen LogP contribution in [-0.2, 0) is 21.0 Å². The zero-order valence-corrected chi connectivity index (χ0v) is 16.2. The van der Waals surface area contributed by atoms with E-state index in [-0.39, 0.29) is 16.2 Å². The average Bonchev–Trinajstić information content (AvgIpc) is 2.59. The Hall–Kier alpha value is -2.38. The van der Waals surface area contributed by atoms with Crippen LogP contribution in [0.25, 0.3) is 0 Å². The van der Waals surface area contributed by atoms with Crippen molar-refractivity contribution in [2.75, 3.05) is 34.0 Å². The van der Waals surface area contributed by atoms with E-state index in [0.717, 1.165) is 24.8 Å². The molecule has 0 atom stereocenters. The lowest BCUT2D eigenvalue weighted by Gasteiger charge is -2.14. The van der Waals surface area contributed by atoms with E-state index in [1.165, 1.54) is 25.3 Å². The summed E-state index contributed by atoms with van der Waals surface area (Å²) in [6, 6.07) is 11.7. The molecule has 0 N–H and O–H groups in total. The fraction of sp³-hybridized carbons (Fsp3) is 0.316. The van der Waals surface area contributed by atoms with Gasteiger partial charge in [-0.2, -0.15) is 0 Å². The van der Waals surface area contributed by atoms with E-state index in [1.807, 2.05) is 26.2 Å². The van der Waals surface area contributed by atoms with Crippen molar-refractivity contribution >= 4 is 15.8 Å². The van der Waals surface area contributed by atoms with Gasteiger partial charge in [0, 0.05) is 12.8 Å². The van der Waals surface area contributed by atoms with Gasteiger partial charge in [0.2, 0.25) is 0 Å². The Morgan fingerprint density at radius 3 is 2.27 bits per heavy atom. The SMILES string of the molecule is COC(=O)c1cccc(S(C)(=O)=O)c1Oc1ccc(CCN(C)C)cc1. The maximum absolute atomic E-state index is 12.1. The van der Waals surface area contributed by atoms with Gasteiger partial charge in [-0.25, -0.2) is 13.2 Å². The highest BCUT2D eigenvalue weighted by Gasteiger charge is 2.23. The first kappa shape index (κ1) is 19.9. The largest absolute Gasteiger partial charge is 0.465 e. The number of ether oxygens (including phenoxy) is 2. The van der Waals surface area contributed by atoms with Crippen LogP contribution in [0.5, 0.6) is 11.5 Å². The van der Waals surface area contributed by atoms with E-state index in [2.05, 4.69) is 4.90 Å². The van der Waals surface area contributed by atoms with Gasteiger partial charge in [0.25, 0.3) is 0 Å². The van der Waals surface area contributed by atoms with Gasteiger partial charge in [0.05, 0.1) is 7.11 Å². The van der Waals surface area contributed by atoms with Crippen molar-refractivity contribution in [3.05, 3.63) is 53.6 Å². The number of hydrogen-bond donors (Lipinski definition) is 0. The Bertz CT molecular complexity index is 873. The van der Waals surface area contributed by atoms with Gasteiger partial charge >= 0.3 is 5.97 Å². The molecule has 26 heavy (non-hydrogen) atoms. The molecule has 6 nitrogen and oxygen atoms in total. The first-order valence-corrected chi connectivity index (χ1v) is 9.94. The van der Waals surface area contributed by atoms with E-state index < -0.39 is 15.8 Å². The van der Waals surface area contributed by atoms with Crippen molar-refractivity contribution in [2.24, 2.45) is 0 Å². The highest BCUT2D eigenvalue weighted by Crippen LogP contribution is 2.33. The maximum Gasteiger partial charge on any atom is 0.341 e. The maximum atomic E-state index is 12.1. The van der Waals surface area contributed by atoms with Crippen LogP contribution >= 0.6 is 0 Å². The number of rotatable bonds is 7. The van der Waals surface area contributed by atoms with Crippen molar-refractivity contribution < 1.29 is 22.7 Å². The molecule has 0 radical (unpaired) electrons. The number of methoxy groups -OCH3 is 1. The molecular weight excluding hydrogens is 354 g/mol. The minimum Gasteiger partial charge on any atom is -0.465 e. The third kappa shape index (κ3) is 5.06. The van der Waals surface area contributed by atoms with Crippen LogP contribution in [0, 0.1) is 0 Å². The molecule has 2 rings (SSSR count). The number of carbonyl (C=O) groups excluding carboxylic acids is 1. The monoisotopic (exact) mass is 377 g/mol. The molecule has 0 heterocycles. The minimum absolute atomic E-state index is 0.0251. The predicted molar refractivity (Wildman–Crippen MR) is 99.7 cm³/mol. The number of hydrogen-bond acceptors (Lipinski definition) is 6. The quantitative estimate of drug-likeness (QED) is 0.691. The fourth-order valence-corrected chi connectivity index (χ4v) is 3.19. The van der Waals surface area contributed by atoms with Crippen molar-refractivity contribution in [1.82, 2.24) is 4.90 Å². The Kier molecular flexibility index (Phi) is 6.39. The summed E-state index contributed by atoms with van der Waals surface area (Å²) in [6.07, 6.45) is 1.96. The highest BCUT2D eigenvalue weighted by molar-refractivity contribution is 7.90. The number of esters is 1. The molecule has 0 saturated carbocycles. The first-order chi connectivity index (χ1) is 12.2. The van der Waals surface area contributed by atoms with Gasteiger partial charge in [0.1, 0.15) is 16.2 Å². The van der Waals surface area contributed by atoms with Crippen molar-refractivity contribution in [3.63, 3.8) is 0 Å². The zero-order chi connectivity index (χ0) is 19.3. The summed E-state index contributed by atoms with van der Waals surface area (Å²) in [7, 11) is 1.67. The third-order valence-corrected chi connectivity index (χ3v) is 4.90. The molecular formula is C19H23NO5S. The fourth-order valence-electron chi connectivity index (χ4n) is 2.38. The molecule has 2 aromatic rings. The van der Waals surface area contributed by atoms with E-state index in [1.54, 1.807) is 12.1 Å². The second-order valence-electron chi connectivity index (χ2n) is 6.20. The normalized spacial score (nSPS) is 11.4. The minimum atomic E-state index is -3.58. The molecule has 0 spiro atoms. The number of nitrogens with zero attached hydrogens (tertiary/aromatic N) is 1. The summed E-state index contributed by atoms with van der Waals surface area (Å²) in [5.41, 5.74) is 1.20. The highest BCUT2D eigenvalue weighted by atomic mass is 32.2. The summed E-state index contributed by atoms with van der Waals surface area (Å²) in [6.45, 7) is 0.920. The molecule has 0 aromatic heterocycles. The third-order valence-electron chi connectivity index (χ3n) is 3.77. The average molecular weight is 377 g/mol. The molecule has 0 aliphatic rings. The first-order valence-electron chi connectivity index (χ1n) is 8.05. The lowest BCUT2D eigenvalue weighted by molar-refractivity contribution is 0.0597. The van der Waals surface area contributed by atoms with Crippen LogP contribution in [0.1, 0.15) is 15.9 Å². The van der Waals surface area contributed by atoms with Crippen LogP contribution < -0.4 is 4.74 Å². The number of likely N-dealkylation sites (N-methyl/N-ethyl adjacent to an activating group) is 1. The number of sulfone groups is 1. The Balaban J connectivity index is 2.37. The zero-order valence-electron chi connectivity index (χ0n) is 15.4. The standard InChI is InChI=1S/C19H23NO5S/c1-20(2)13-12-14-8-10-15(11-9-14)25-18-16(19(21)24-3)6-5-7-17(18)26(4,22)23/h5-11H,12-13H2,1-4H3. The summed E-state index contributed by atoms with van der Waals surface area (Å²) >= 11 is 0. The summed E-state index contributed by atoms with van der Waals surface area (Å²) in [5.74, 6) is -0.240. The van der Waals surface area contributed by atoms with Crippen molar-refractivity contribution in [2.45, 2.75) is 11.3 Å². The topological polar surface area (TPSA) is 72.9 Å². The van der Waals surface area contributed by atoms with Crippen molar-refractivity contribution in [3.8, 4) is 11.5 Å². The second-order valence-corrected chi connectivity index (χ2v) is 8.18. The Morgan fingerprint density at radius 1 is 1.08 bits per heavy atom. The van der Waals surface area contributed by atoms with Crippen LogP contribution in [0.4, 0.5) is 0 Å². The van der Waals surface area contributed by atoms with E-state index >= 15 is 0 Å². The molecule has 140 valence electrons.